The van der Waals surface area contributed by atoms with Crippen LogP contribution in [0.2, 0.25) is 0 Å². The monoisotopic (exact) mass is 671 g/mol. The van der Waals surface area contributed by atoms with E-state index < -0.39 is 0 Å². The highest BCUT2D eigenvalue weighted by Crippen LogP contribution is 2.38. The van der Waals surface area contributed by atoms with Gasteiger partial charge >= 0.3 is 0 Å². The molecule has 3 aromatic heterocycles. The first-order valence-electron chi connectivity index (χ1n) is 17.3. The van der Waals surface area contributed by atoms with E-state index in [4.69, 9.17) is 9.97 Å². The fraction of sp³-hybridized carbons (Fsp3) is 0.0217. The van der Waals surface area contributed by atoms with Crippen LogP contribution in [0, 0.1) is 0 Å². The molecule has 248 valence electrons. The number of benzene rings is 4. The Bertz CT molecular complexity index is 2570. The number of amides is 1. The average molecular weight is 672 g/mol. The molecule has 6 heteroatoms. The van der Waals surface area contributed by atoms with Gasteiger partial charge in [0.15, 0.2) is 0 Å². The van der Waals surface area contributed by atoms with Gasteiger partial charge in [0, 0.05) is 56.9 Å². The van der Waals surface area contributed by atoms with Gasteiger partial charge in [0.1, 0.15) is 0 Å². The van der Waals surface area contributed by atoms with Gasteiger partial charge in [-0.2, -0.15) is 0 Å². The zero-order chi connectivity index (χ0) is 35.0. The zero-order valence-electron chi connectivity index (χ0n) is 28.4. The summed E-state index contributed by atoms with van der Waals surface area (Å²) in [7, 11) is 0. The second-order valence-electron chi connectivity index (χ2n) is 12.9. The standard InChI is InChI=1S/C46H33N5O/c1-29(52)47-34-19-17-33(18-20-34)46-41-27-25-39(50-41)44(31-13-7-3-8-14-31)37-23-21-35(48-37)43(30-11-5-2-6-12-30)36-22-24-38(49-36)45(32-15-9-4-10-16-32)40-26-28-42(46)51-40/h2-28,48-49H,1H3,(H,47,52). The molecule has 6 nitrogen and oxygen atoms in total. The number of anilines is 1. The highest BCUT2D eigenvalue weighted by Gasteiger charge is 2.19. The maximum absolute atomic E-state index is 11.8. The Morgan fingerprint density at radius 1 is 0.423 bits per heavy atom. The molecule has 7 aromatic rings. The fourth-order valence-electron chi connectivity index (χ4n) is 7.16. The van der Waals surface area contributed by atoms with E-state index in [2.05, 4.69) is 137 Å². The van der Waals surface area contributed by atoms with E-state index in [0.717, 1.165) is 95.0 Å². The first-order valence-corrected chi connectivity index (χ1v) is 17.3. The van der Waals surface area contributed by atoms with Crippen LogP contribution in [0.4, 0.5) is 5.69 Å². The van der Waals surface area contributed by atoms with Crippen LogP contribution in [0.3, 0.4) is 0 Å². The third-order valence-corrected chi connectivity index (χ3v) is 9.44. The van der Waals surface area contributed by atoms with Crippen molar-refractivity contribution in [1.29, 1.82) is 0 Å². The molecule has 0 saturated heterocycles. The Kier molecular flexibility index (Phi) is 7.75. The van der Waals surface area contributed by atoms with Crippen molar-refractivity contribution in [3.05, 3.63) is 162 Å². The minimum Gasteiger partial charge on any atom is -0.354 e. The van der Waals surface area contributed by atoms with E-state index in [1.165, 1.54) is 6.92 Å². The van der Waals surface area contributed by atoms with Gasteiger partial charge in [0.25, 0.3) is 0 Å². The molecule has 0 aliphatic carbocycles. The summed E-state index contributed by atoms with van der Waals surface area (Å²) < 4.78 is 0. The molecule has 0 fully saturated rings. The smallest absolute Gasteiger partial charge is 0.221 e. The van der Waals surface area contributed by atoms with Crippen LogP contribution in [-0.2, 0) is 4.79 Å². The molecule has 0 saturated carbocycles. The van der Waals surface area contributed by atoms with Crippen molar-refractivity contribution in [2.75, 3.05) is 5.32 Å². The molecule has 3 N–H and O–H groups in total. The predicted molar refractivity (Wildman–Crippen MR) is 215 cm³/mol. The number of aromatic nitrogens is 4. The highest BCUT2D eigenvalue weighted by molar-refractivity contribution is 6.00. The molecular formula is C46H33N5O. The number of carbonyl (C=O) groups is 1. The van der Waals surface area contributed by atoms with Crippen LogP contribution in [-0.4, -0.2) is 25.8 Å². The first-order chi connectivity index (χ1) is 25.6. The Hall–Kier alpha value is -7.05. The summed E-state index contributed by atoms with van der Waals surface area (Å²) in [5.41, 5.74) is 16.1. The van der Waals surface area contributed by atoms with Gasteiger partial charge in [-0.3, -0.25) is 4.79 Å². The van der Waals surface area contributed by atoms with Crippen LogP contribution in [0.5, 0.6) is 0 Å². The van der Waals surface area contributed by atoms with Gasteiger partial charge in [-0.25, -0.2) is 9.97 Å². The van der Waals surface area contributed by atoms with E-state index in [1.54, 1.807) is 0 Å². The molecular weight excluding hydrogens is 639 g/mol. The van der Waals surface area contributed by atoms with Crippen molar-refractivity contribution >= 4 is 58.0 Å². The maximum atomic E-state index is 11.8. The molecule has 5 heterocycles. The van der Waals surface area contributed by atoms with Crippen LogP contribution < -0.4 is 5.32 Å². The maximum Gasteiger partial charge on any atom is 0.221 e. The van der Waals surface area contributed by atoms with Gasteiger partial charge < -0.3 is 15.3 Å². The molecule has 0 spiro atoms. The molecule has 0 atom stereocenters. The molecule has 52 heavy (non-hydrogen) atoms. The lowest BCUT2D eigenvalue weighted by molar-refractivity contribution is -0.114. The van der Waals surface area contributed by atoms with Crippen molar-refractivity contribution in [2.45, 2.75) is 6.92 Å². The first kappa shape index (κ1) is 31.0. The number of carbonyl (C=O) groups excluding carboxylic acids is 1. The Morgan fingerprint density at radius 2 is 0.769 bits per heavy atom. The van der Waals surface area contributed by atoms with Gasteiger partial charge in [0.05, 0.1) is 22.8 Å². The number of H-pyrrole nitrogens is 2. The van der Waals surface area contributed by atoms with Crippen LogP contribution >= 0.6 is 0 Å². The Morgan fingerprint density at radius 3 is 1.17 bits per heavy atom. The third kappa shape index (κ3) is 5.72. The SMILES string of the molecule is CC(=O)Nc1ccc(-c2c3nc(c(-c4ccccc4)c4ccc([nH]4)c(-c4ccccc4)c4ccc([nH]4)c(-c4ccccc4)c4nc2C=C4)C=C3)cc1. The minimum atomic E-state index is -0.115. The Balaban J connectivity index is 1.44. The summed E-state index contributed by atoms with van der Waals surface area (Å²) in [6.07, 6.45) is 8.33. The van der Waals surface area contributed by atoms with Crippen LogP contribution in [0.15, 0.2) is 140 Å². The van der Waals surface area contributed by atoms with Crippen molar-refractivity contribution in [3.63, 3.8) is 0 Å². The molecule has 2 aliphatic heterocycles. The van der Waals surface area contributed by atoms with Gasteiger partial charge in [-0.15, -0.1) is 0 Å². The summed E-state index contributed by atoms with van der Waals surface area (Å²) >= 11 is 0. The number of hydrogen-bond acceptors (Lipinski definition) is 3. The molecule has 8 bridgehead atoms. The van der Waals surface area contributed by atoms with Gasteiger partial charge in [-0.1, -0.05) is 103 Å². The quantitative estimate of drug-likeness (QED) is 0.170. The molecule has 4 aromatic carbocycles. The molecule has 2 aliphatic rings. The van der Waals surface area contributed by atoms with Gasteiger partial charge in [-0.05, 0) is 83.0 Å². The van der Waals surface area contributed by atoms with E-state index in [9.17, 15) is 4.79 Å². The average Bonchev–Trinajstić information content (AvgIpc) is 4.01. The lowest BCUT2D eigenvalue weighted by atomic mass is 10.0. The number of rotatable bonds is 5. The van der Waals surface area contributed by atoms with Gasteiger partial charge in [0.2, 0.25) is 5.91 Å². The van der Waals surface area contributed by atoms with Crippen LogP contribution in [0.1, 0.15) is 29.7 Å². The highest BCUT2D eigenvalue weighted by atomic mass is 16.1. The van der Waals surface area contributed by atoms with Crippen molar-refractivity contribution < 1.29 is 4.79 Å². The van der Waals surface area contributed by atoms with Crippen molar-refractivity contribution in [2.24, 2.45) is 0 Å². The van der Waals surface area contributed by atoms with Crippen LogP contribution in [0.25, 0.3) is 90.9 Å². The van der Waals surface area contributed by atoms with E-state index in [1.807, 2.05) is 42.5 Å². The van der Waals surface area contributed by atoms with E-state index >= 15 is 0 Å². The van der Waals surface area contributed by atoms with Crippen molar-refractivity contribution in [3.8, 4) is 44.5 Å². The Labute approximate surface area is 300 Å². The molecule has 0 radical (unpaired) electrons. The molecule has 1 amide bonds. The fourth-order valence-corrected chi connectivity index (χ4v) is 7.16. The van der Waals surface area contributed by atoms with Crippen molar-refractivity contribution in [1.82, 2.24) is 19.9 Å². The third-order valence-electron chi connectivity index (χ3n) is 9.44. The summed E-state index contributed by atoms with van der Waals surface area (Å²) in [6, 6.07) is 47.7. The number of nitrogens with one attached hydrogen (secondary N) is 3. The number of nitrogens with zero attached hydrogens (tertiary/aromatic N) is 2. The largest absolute Gasteiger partial charge is 0.354 e. The zero-order valence-corrected chi connectivity index (χ0v) is 28.4. The number of aromatic amines is 2. The summed E-state index contributed by atoms with van der Waals surface area (Å²) in [6.45, 7) is 1.51. The summed E-state index contributed by atoms with van der Waals surface area (Å²) in [4.78, 5) is 30.1. The second kappa shape index (κ2) is 13.0. The minimum absolute atomic E-state index is 0.115. The van der Waals surface area contributed by atoms with E-state index in [-0.39, 0.29) is 5.91 Å². The predicted octanol–water partition coefficient (Wildman–Crippen LogP) is 11.3. The lowest BCUT2D eigenvalue weighted by Crippen LogP contribution is -2.05. The number of hydrogen-bond donors (Lipinski definition) is 3. The topological polar surface area (TPSA) is 86.5 Å². The molecule has 0 unspecified atom stereocenters. The summed E-state index contributed by atoms with van der Waals surface area (Å²) in [5, 5.41) is 2.88. The lowest BCUT2D eigenvalue weighted by Gasteiger charge is -2.08. The normalized spacial score (nSPS) is 11.9. The van der Waals surface area contributed by atoms with E-state index in [0.29, 0.717) is 0 Å². The second-order valence-corrected chi connectivity index (χ2v) is 12.9. The number of fused-ring (bicyclic) bond motifs is 8. The summed E-state index contributed by atoms with van der Waals surface area (Å²) in [5.74, 6) is -0.115. The molecule has 9 rings (SSSR count).